The predicted molar refractivity (Wildman–Crippen MR) is 75.1 cm³/mol. The number of aromatic nitrogens is 1. The maximum absolute atomic E-state index is 11.2. The Labute approximate surface area is 117 Å². The molecule has 0 aliphatic carbocycles. The molecule has 1 aromatic carbocycles. The van der Waals surface area contributed by atoms with Gasteiger partial charge in [0.05, 0.1) is 5.69 Å². The zero-order valence-corrected chi connectivity index (χ0v) is 11.0. The maximum atomic E-state index is 11.2. The first-order valence-corrected chi connectivity index (χ1v) is 6.50. The molecule has 1 amide bonds. The van der Waals surface area contributed by atoms with Crippen LogP contribution in [-0.4, -0.2) is 17.4 Å². The fraction of sp³-hybridized carbons (Fsp3) is 0.200. The van der Waals surface area contributed by atoms with Gasteiger partial charge in [0.2, 0.25) is 5.91 Å². The average Bonchev–Trinajstić information content (AvgIpc) is 2.93. The minimum atomic E-state index is 0.0573. The monoisotopic (exact) mass is 269 g/mol. The minimum absolute atomic E-state index is 0.0573. The van der Waals surface area contributed by atoms with Crippen molar-refractivity contribution in [3.8, 4) is 5.75 Å². The van der Waals surface area contributed by atoms with Crippen molar-refractivity contribution in [2.75, 3.05) is 11.6 Å². The molecule has 0 saturated carbocycles. The van der Waals surface area contributed by atoms with Crippen LogP contribution in [0.15, 0.2) is 48.8 Å². The van der Waals surface area contributed by atoms with Crippen LogP contribution in [0.4, 0.5) is 5.69 Å². The summed E-state index contributed by atoms with van der Waals surface area (Å²) < 4.78 is 5.68. The highest BCUT2D eigenvalue weighted by molar-refractivity contribution is 5.81. The molecule has 2 aromatic rings. The fourth-order valence-corrected chi connectivity index (χ4v) is 2.04. The van der Waals surface area contributed by atoms with E-state index in [9.17, 15) is 4.79 Å². The third-order valence-electron chi connectivity index (χ3n) is 3.10. The van der Waals surface area contributed by atoms with Gasteiger partial charge in [-0.15, -0.1) is 0 Å². The van der Waals surface area contributed by atoms with E-state index in [0.717, 1.165) is 17.0 Å². The number of benzene rings is 1. The molecule has 1 aliphatic rings. The SMILES string of the molecule is O=C1CCN(c2ccc(OCc3cccnc3)cc2)N1. The summed E-state index contributed by atoms with van der Waals surface area (Å²) >= 11 is 0. The first kappa shape index (κ1) is 12.5. The van der Waals surface area contributed by atoms with Crippen molar-refractivity contribution in [1.82, 2.24) is 10.4 Å². The molecule has 1 aromatic heterocycles. The topological polar surface area (TPSA) is 54.5 Å². The molecule has 5 nitrogen and oxygen atoms in total. The summed E-state index contributed by atoms with van der Waals surface area (Å²) in [5.41, 5.74) is 4.79. The highest BCUT2D eigenvalue weighted by Crippen LogP contribution is 2.20. The van der Waals surface area contributed by atoms with Gasteiger partial charge in [-0.1, -0.05) is 6.07 Å². The van der Waals surface area contributed by atoms with Crippen LogP contribution in [0.2, 0.25) is 0 Å². The van der Waals surface area contributed by atoms with Gasteiger partial charge in [0.15, 0.2) is 0 Å². The lowest BCUT2D eigenvalue weighted by atomic mass is 10.3. The zero-order chi connectivity index (χ0) is 13.8. The lowest BCUT2D eigenvalue weighted by Crippen LogP contribution is -2.32. The number of nitrogens with one attached hydrogen (secondary N) is 1. The van der Waals surface area contributed by atoms with E-state index >= 15 is 0 Å². The van der Waals surface area contributed by atoms with Gasteiger partial charge in [-0.2, -0.15) is 0 Å². The van der Waals surface area contributed by atoms with E-state index in [4.69, 9.17) is 4.74 Å². The Kier molecular flexibility index (Phi) is 3.50. The molecule has 0 radical (unpaired) electrons. The van der Waals surface area contributed by atoms with Crippen LogP contribution in [0.25, 0.3) is 0 Å². The van der Waals surface area contributed by atoms with Crippen molar-refractivity contribution in [2.24, 2.45) is 0 Å². The standard InChI is InChI=1S/C15H15N3O2/c19-15-7-9-18(17-15)13-3-5-14(6-4-13)20-11-12-2-1-8-16-10-12/h1-6,8,10H,7,9,11H2,(H,17,19). The lowest BCUT2D eigenvalue weighted by Gasteiger charge is -2.17. The number of carbonyl (C=O) groups is 1. The highest BCUT2D eigenvalue weighted by atomic mass is 16.5. The summed E-state index contributed by atoms with van der Waals surface area (Å²) in [5.74, 6) is 0.852. The molecule has 102 valence electrons. The number of hydrogen-bond acceptors (Lipinski definition) is 4. The molecule has 3 rings (SSSR count). The van der Waals surface area contributed by atoms with Crippen molar-refractivity contribution in [3.63, 3.8) is 0 Å². The normalized spacial score (nSPS) is 14.2. The molecule has 0 atom stereocenters. The number of nitrogens with zero attached hydrogens (tertiary/aromatic N) is 2. The number of anilines is 1. The van der Waals surface area contributed by atoms with Crippen molar-refractivity contribution in [3.05, 3.63) is 54.4 Å². The molecule has 0 unspecified atom stereocenters. The number of ether oxygens (including phenoxy) is 1. The Morgan fingerprint density at radius 1 is 1.25 bits per heavy atom. The Hall–Kier alpha value is -2.56. The number of hydrogen-bond donors (Lipinski definition) is 1. The molecule has 1 fully saturated rings. The van der Waals surface area contributed by atoms with Crippen LogP contribution in [0.5, 0.6) is 5.75 Å². The first-order valence-electron chi connectivity index (χ1n) is 6.50. The quantitative estimate of drug-likeness (QED) is 0.921. The van der Waals surface area contributed by atoms with E-state index < -0.39 is 0 Å². The molecule has 1 saturated heterocycles. The second-order valence-corrected chi connectivity index (χ2v) is 4.58. The Bertz CT molecular complexity index is 584. The van der Waals surface area contributed by atoms with E-state index in [0.29, 0.717) is 19.6 Å². The second-order valence-electron chi connectivity index (χ2n) is 4.58. The van der Waals surface area contributed by atoms with Crippen LogP contribution in [0.3, 0.4) is 0 Å². The van der Waals surface area contributed by atoms with Gasteiger partial charge in [-0.05, 0) is 30.3 Å². The van der Waals surface area contributed by atoms with E-state index in [2.05, 4.69) is 10.4 Å². The van der Waals surface area contributed by atoms with Gasteiger partial charge in [0, 0.05) is 30.9 Å². The van der Waals surface area contributed by atoms with Gasteiger partial charge >= 0.3 is 0 Å². The van der Waals surface area contributed by atoms with Gasteiger partial charge in [-0.3, -0.25) is 20.2 Å². The van der Waals surface area contributed by atoms with Gasteiger partial charge in [0.25, 0.3) is 0 Å². The number of rotatable bonds is 4. The third-order valence-corrected chi connectivity index (χ3v) is 3.10. The molecule has 0 spiro atoms. The Morgan fingerprint density at radius 2 is 2.10 bits per heavy atom. The van der Waals surface area contributed by atoms with Crippen LogP contribution in [-0.2, 0) is 11.4 Å². The average molecular weight is 269 g/mol. The number of carbonyl (C=O) groups excluding carboxylic acids is 1. The number of hydrazine groups is 1. The fourth-order valence-electron chi connectivity index (χ4n) is 2.04. The lowest BCUT2D eigenvalue weighted by molar-refractivity contribution is -0.119. The molecule has 5 heteroatoms. The van der Waals surface area contributed by atoms with Gasteiger partial charge in [0.1, 0.15) is 12.4 Å². The number of amides is 1. The summed E-state index contributed by atoms with van der Waals surface area (Å²) in [4.78, 5) is 15.2. The molecular weight excluding hydrogens is 254 g/mol. The summed E-state index contributed by atoms with van der Waals surface area (Å²) in [6.45, 7) is 1.20. The molecule has 2 heterocycles. The predicted octanol–water partition coefficient (Wildman–Crippen LogP) is 1.90. The second kappa shape index (κ2) is 5.61. The number of pyridine rings is 1. The van der Waals surface area contributed by atoms with Gasteiger partial charge < -0.3 is 4.74 Å². The molecule has 20 heavy (non-hydrogen) atoms. The van der Waals surface area contributed by atoms with Crippen molar-refractivity contribution < 1.29 is 9.53 Å². The first-order chi connectivity index (χ1) is 9.81. The van der Waals surface area contributed by atoms with E-state index in [1.165, 1.54) is 0 Å². The van der Waals surface area contributed by atoms with Crippen molar-refractivity contribution >= 4 is 11.6 Å². The van der Waals surface area contributed by atoms with Crippen molar-refractivity contribution in [1.29, 1.82) is 0 Å². The van der Waals surface area contributed by atoms with Crippen LogP contribution in [0.1, 0.15) is 12.0 Å². The molecule has 1 N–H and O–H groups in total. The molecule has 0 bridgehead atoms. The van der Waals surface area contributed by atoms with Crippen molar-refractivity contribution in [2.45, 2.75) is 13.0 Å². The maximum Gasteiger partial charge on any atom is 0.240 e. The highest BCUT2D eigenvalue weighted by Gasteiger charge is 2.18. The van der Waals surface area contributed by atoms with Crippen LogP contribution < -0.4 is 15.2 Å². The van der Waals surface area contributed by atoms with Gasteiger partial charge in [-0.25, -0.2) is 0 Å². The van der Waals surface area contributed by atoms with E-state index in [1.807, 2.05) is 41.4 Å². The third kappa shape index (κ3) is 2.88. The van der Waals surface area contributed by atoms with Crippen LogP contribution >= 0.6 is 0 Å². The Balaban J connectivity index is 1.60. The summed E-state index contributed by atoms with van der Waals surface area (Å²) in [6.07, 6.45) is 4.07. The zero-order valence-electron chi connectivity index (χ0n) is 11.0. The van der Waals surface area contributed by atoms with Crippen LogP contribution in [0, 0.1) is 0 Å². The van der Waals surface area contributed by atoms with E-state index in [1.54, 1.807) is 12.4 Å². The summed E-state index contributed by atoms with van der Waals surface area (Å²) in [7, 11) is 0. The van der Waals surface area contributed by atoms with E-state index in [-0.39, 0.29) is 5.91 Å². The summed E-state index contributed by atoms with van der Waals surface area (Å²) in [5, 5.41) is 1.84. The molecular formula is C15H15N3O2. The smallest absolute Gasteiger partial charge is 0.240 e. The molecule has 1 aliphatic heterocycles. The minimum Gasteiger partial charge on any atom is -0.489 e. The summed E-state index contributed by atoms with van der Waals surface area (Å²) in [6, 6.07) is 11.5. The largest absolute Gasteiger partial charge is 0.489 e. The Morgan fingerprint density at radius 3 is 2.75 bits per heavy atom.